The van der Waals surface area contributed by atoms with Crippen LogP contribution in [0.3, 0.4) is 0 Å². The minimum atomic E-state index is -0.927. The normalized spacial score (nSPS) is 11.5. The van der Waals surface area contributed by atoms with E-state index in [0.29, 0.717) is 10.1 Å². The van der Waals surface area contributed by atoms with Crippen molar-refractivity contribution >= 4 is 40.6 Å². The van der Waals surface area contributed by atoms with Gasteiger partial charge < -0.3 is 15.7 Å². The Bertz CT molecular complexity index is 667. The molecule has 0 aliphatic rings. The number of carboxylic acids is 1. The number of rotatable bonds is 5. The molecule has 0 radical (unpaired) electrons. The number of anilines is 1. The minimum absolute atomic E-state index is 0.113. The number of carbonyl (C=O) groups is 1. The molecule has 0 saturated carbocycles. The molecule has 114 valence electrons. The molecule has 5 nitrogen and oxygen atoms in total. The van der Waals surface area contributed by atoms with Gasteiger partial charge in [-0.25, -0.2) is 0 Å². The van der Waals surface area contributed by atoms with Crippen molar-refractivity contribution in [3.05, 3.63) is 59.4 Å². The molecule has 3 N–H and O–H groups in total. The van der Waals surface area contributed by atoms with Crippen LogP contribution in [0.5, 0.6) is 0 Å². The summed E-state index contributed by atoms with van der Waals surface area (Å²) < 4.78 is 0. The molecule has 1 aromatic carbocycles. The van der Waals surface area contributed by atoms with Gasteiger partial charge >= 0.3 is 5.97 Å². The summed E-state index contributed by atoms with van der Waals surface area (Å²) in [6.45, 7) is 0. The second kappa shape index (κ2) is 7.72. The summed E-state index contributed by atoms with van der Waals surface area (Å²) in [6, 6.07) is 10.1. The molecule has 0 aliphatic heterocycles. The number of pyridine rings is 1. The predicted octanol–water partition coefficient (Wildman–Crippen LogP) is 3.24. The van der Waals surface area contributed by atoms with E-state index in [1.54, 1.807) is 42.7 Å². The summed E-state index contributed by atoms with van der Waals surface area (Å²) in [7, 11) is 0. The number of aliphatic carboxylic acids is 1. The van der Waals surface area contributed by atoms with Gasteiger partial charge in [0.25, 0.3) is 0 Å². The van der Waals surface area contributed by atoms with E-state index in [1.807, 2.05) is 6.07 Å². The first-order valence-electron chi connectivity index (χ1n) is 6.49. The average molecular weight is 336 g/mol. The van der Waals surface area contributed by atoms with Crippen LogP contribution in [0.2, 0.25) is 5.02 Å². The third kappa shape index (κ3) is 4.98. The maximum atomic E-state index is 11.1. The molecule has 7 heteroatoms. The molecule has 1 atom stereocenters. The minimum Gasteiger partial charge on any atom is -0.481 e. The fraction of sp³-hybridized carbons (Fsp3) is 0.133. The zero-order chi connectivity index (χ0) is 15.9. The number of nitrogens with one attached hydrogen (secondary N) is 2. The van der Waals surface area contributed by atoms with E-state index < -0.39 is 12.0 Å². The van der Waals surface area contributed by atoms with Gasteiger partial charge in [-0.05, 0) is 42.0 Å². The third-order valence-electron chi connectivity index (χ3n) is 2.87. The number of aromatic nitrogens is 1. The van der Waals surface area contributed by atoms with E-state index in [-0.39, 0.29) is 6.42 Å². The van der Waals surface area contributed by atoms with Crippen LogP contribution >= 0.6 is 23.8 Å². The first kappa shape index (κ1) is 16.2. The van der Waals surface area contributed by atoms with E-state index in [1.165, 1.54) is 0 Å². The largest absolute Gasteiger partial charge is 0.481 e. The Kier molecular flexibility index (Phi) is 5.68. The Morgan fingerprint density at radius 2 is 2.05 bits per heavy atom. The van der Waals surface area contributed by atoms with Crippen molar-refractivity contribution in [2.45, 2.75) is 12.5 Å². The molecule has 1 heterocycles. The Morgan fingerprint density at radius 3 is 2.68 bits per heavy atom. The quantitative estimate of drug-likeness (QED) is 0.728. The molecule has 0 amide bonds. The zero-order valence-electron chi connectivity index (χ0n) is 11.5. The van der Waals surface area contributed by atoms with Gasteiger partial charge in [-0.1, -0.05) is 23.7 Å². The summed E-state index contributed by atoms with van der Waals surface area (Å²) in [5, 5.41) is 15.9. The molecule has 0 saturated heterocycles. The summed E-state index contributed by atoms with van der Waals surface area (Å²) in [4.78, 5) is 15.0. The Morgan fingerprint density at radius 1 is 1.32 bits per heavy atom. The summed E-state index contributed by atoms with van der Waals surface area (Å²) in [6.07, 6.45) is 3.16. The number of hydrogen-bond donors (Lipinski definition) is 3. The van der Waals surface area contributed by atoms with Gasteiger partial charge in [0.1, 0.15) is 0 Å². The van der Waals surface area contributed by atoms with Crippen LogP contribution < -0.4 is 10.6 Å². The van der Waals surface area contributed by atoms with E-state index in [0.717, 1.165) is 11.3 Å². The SMILES string of the molecule is O=C(O)C[C@@H](NC(=S)Nc1ccncc1)c1cccc(Cl)c1. The van der Waals surface area contributed by atoms with Crippen LogP contribution in [0.25, 0.3) is 0 Å². The molecular formula is C15H14ClN3O2S. The second-order valence-electron chi connectivity index (χ2n) is 4.54. The maximum Gasteiger partial charge on any atom is 0.305 e. The van der Waals surface area contributed by atoms with Gasteiger partial charge in [-0.2, -0.15) is 0 Å². The van der Waals surface area contributed by atoms with Crippen LogP contribution in [-0.2, 0) is 4.79 Å². The molecule has 2 rings (SSSR count). The summed E-state index contributed by atoms with van der Waals surface area (Å²) in [5.41, 5.74) is 1.53. The number of halogens is 1. The van der Waals surface area contributed by atoms with Crippen LogP contribution in [0, 0.1) is 0 Å². The molecule has 0 aliphatic carbocycles. The van der Waals surface area contributed by atoms with Crippen LogP contribution in [0.1, 0.15) is 18.0 Å². The molecule has 22 heavy (non-hydrogen) atoms. The smallest absolute Gasteiger partial charge is 0.305 e. The molecule has 1 aromatic heterocycles. The highest BCUT2D eigenvalue weighted by molar-refractivity contribution is 7.80. The number of carboxylic acid groups (broad SMARTS) is 1. The van der Waals surface area contributed by atoms with Crippen molar-refractivity contribution < 1.29 is 9.90 Å². The summed E-state index contributed by atoms with van der Waals surface area (Å²) >= 11 is 11.2. The van der Waals surface area contributed by atoms with Crippen LogP contribution in [0.15, 0.2) is 48.8 Å². The van der Waals surface area contributed by atoms with E-state index in [9.17, 15) is 4.79 Å². The molecular weight excluding hydrogens is 322 g/mol. The van der Waals surface area contributed by atoms with Gasteiger partial charge in [-0.15, -0.1) is 0 Å². The van der Waals surface area contributed by atoms with Crippen molar-refractivity contribution in [3.63, 3.8) is 0 Å². The van der Waals surface area contributed by atoms with Gasteiger partial charge in [0.2, 0.25) is 0 Å². The Hall–Kier alpha value is -2.18. The van der Waals surface area contributed by atoms with Gasteiger partial charge in [0.05, 0.1) is 12.5 Å². The van der Waals surface area contributed by atoms with E-state index in [4.69, 9.17) is 28.9 Å². The molecule has 0 unspecified atom stereocenters. The molecule has 0 fully saturated rings. The van der Waals surface area contributed by atoms with Crippen molar-refractivity contribution in [2.75, 3.05) is 5.32 Å². The standard InChI is InChI=1S/C15H14ClN3O2S/c16-11-3-1-2-10(8-11)13(9-14(20)21)19-15(22)18-12-4-6-17-7-5-12/h1-8,13H,9H2,(H,20,21)(H2,17,18,19,22)/t13-/m1/s1. The fourth-order valence-corrected chi connectivity index (χ4v) is 2.37. The topological polar surface area (TPSA) is 74.2 Å². The number of hydrogen-bond acceptors (Lipinski definition) is 3. The highest BCUT2D eigenvalue weighted by Gasteiger charge is 2.17. The first-order valence-corrected chi connectivity index (χ1v) is 7.28. The van der Waals surface area contributed by atoms with E-state index in [2.05, 4.69) is 15.6 Å². The lowest BCUT2D eigenvalue weighted by atomic mass is 10.0. The second-order valence-corrected chi connectivity index (χ2v) is 5.38. The summed E-state index contributed by atoms with van der Waals surface area (Å²) in [5.74, 6) is -0.927. The van der Waals surface area contributed by atoms with Gasteiger partial charge in [-0.3, -0.25) is 9.78 Å². The van der Waals surface area contributed by atoms with Crippen molar-refractivity contribution in [3.8, 4) is 0 Å². The molecule has 0 bridgehead atoms. The number of benzene rings is 1. The fourth-order valence-electron chi connectivity index (χ4n) is 1.91. The molecule has 2 aromatic rings. The van der Waals surface area contributed by atoms with Crippen molar-refractivity contribution in [2.24, 2.45) is 0 Å². The zero-order valence-corrected chi connectivity index (χ0v) is 13.1. The van der Waals surface area contributed by atoms with Gasteiger partial charge in [0, 0.05) is 23.1 Å². The van der Waals surface area contributed by atoms with Crippen molar-refractivity contribution in [1.29, 1.82) is 0 Å². The van der Waals surface area contributed by atoms with Crippen LogP contribution in [-0.4, -0.2) is 21.2 Å². The Labute approximate surface area is 138 Å². The highest BCUT2D eigenvalue weighted by Crippen LogP contribution is 2.21. The van der Waals surface area contributed by atoms with Crippen LogP contribution in [0.4, 0.5) is 5.69 Å². The number of thiocarbonyl (C=S) groups is 1. The van der Waals surface area contributed by atoms with Crippen molar-refractivity contribution in [1.82, 2.24) is 10.3 Å². The van der Waals surface area contributed by atoms with E-state index >= 15 is 0 Å². The number of nitrogens with zero attached hydrogens (tertiary/aromatic N) is 1. The Balaban J connectivity index is 2.09. The predicted molar refractivity (Wildman–Crippen MR) is 90.0 cm³/mol. The average Bonchev–Trinajstić information content (AvgIpc) is 2.47. The monoisotopic (exact) mass is 335 g/mol. The lowest BCUT2D eigenvalue weighted by Gasteiger charge is -2.20. The maximum absolute atomic E-state index is 11.1. The lowest BCUT2D eigenvalue weighted by Crippen LogP contribution is -2.33. The third-order valence-corrected chi connectivity index (χ3v) is 3.33. The first-order chi connectivity index (χ1) is 10.5. The molecule has 0 spiro atoms. The highest BCUT2D eigenvalue weighted by atomic mass is 35.5. The van der Waals surface area contributed by atoms with Gasteiger partial charge in [0.15, 0.2) is 5.11 Å². The lowest BCUT2D eigenvalue weighted by molar-refractivity contribution is -0.137.